The molecule has 0 fully saturated rings. The summed E-state index contributed by atoms with van der Waals surface area (Å²) in [6, 6.07) is 11.8. The van der Waals surface area contributed by atoms with E-state index in [-0.39, 0.29) is 29.1 Å². The molecular formula is C23H28ClFN2O2S. The molecule has 0 aliphatic heterocycles. The van der Waals surface area contributed by atoms with E-state index in [9.17, 15) is 14.0 Å². The van der Waals surface area contributed by atoms with E-state index in [1.165, 1.54) is 17.8 Å². The Morgan fingerprint density at radius 2 is 1.90 bits per heavy atom. The summed E-state index contributed by atoms with van der Waals surface area (Å²) in [4.78, 5) is 27.1. The smallest absolute Gasteiger partial charge is 0.242 e. The fourth-order valence-electron chi connectivity index (χ4n) is 2.86. The number of thioether (sulfide) groups is 1. The average Bonchev–Trinajstić information content (AvgIpc) is 2.73. The van der Waals surface area contributed by atoms with Crippen molar-refractivity contribution >= 4 is 35.2 Å². The van der Waals surface area contributed by atoms with Gasteiger partial charge >= 0.3 is 0 Å². The number of benzene rings is 2. The van der Waals surface area contributed by atoms with Crippen molar-refractivity contribution in [2.75, 3.05) is 12.3 Å². The van der Waals surface area contributed by atoms with Gasteiger partial charge in [-0.05, 0) is 38.0 Å². The highest BCUT2D eigenvalue weighted by Gasteiger charge is 2.26. The molecule has 0 bridgehead atoms. The van der Waals surface area contributed by atoms with E-state index in [1.807, 2.05) is 38.1 Å². The third-order valence-electron chi connectivity index (χ3n) is 4.72. The molecule has 0 radical (unpaired) electrons. The van der Waals surface area contributed by atoms with Gasteiger partial charge in [0.2, 0.25) is 11.8 Å². The standard InChI is InChI=1S/C23H28ClFN2O2S/c1-4-12-26-23(29)17(3)27(13-18-10-8-16(2)9-11-18)22(28)15-30-14-19-20(24)6-5-7-21(19)25/h5-11,17H,4,12-15H2,1-3H3,(H,26,29)/t17-/m0/s1. The Bertz CT molecular complexity index is 841. The molecule has 7 heteroatoms. The minimum absolute atomic E-state index is 0.127. The molecule has 0 aliphatic rings. The number of carbonyl (C=O) groups is 2. The van der Waals surface area contributed by atoms with E-state index >= 15 is 0 Å². The Kier molecular flexibility index (Phi) is 9.66. The maximum Gasteiger partial charge on any atom is 0.242 e. The summed E-state index contributed by atoms with van der Waals surface area (Å²) >= 11 is 7.35. The number of nitrogens with one attached hydrogen (secondary N) is 1. The van der Waals surface area contributed by atoms with E-state index in [0.29, 0.717) is 23.7 Å². The SMILES string of the molecule is CCCNC(=O)[C@H](C)N(Cc1ccc(C)cc1)C(=O)CSCc1c(F)cccc1Cl. The van der Waals surface area contributed by atoms with Gasteiger partial charge in [-0.3, -0.25) is 9.59 Å². The molecule has 1 atom stereocenters. The van der Waals surface area contributed by atoms with Crippen LogP contribution in [0, 0.1) is 12.7 Å². The normalized spacial score (nSPS) is 11.8. The third-order valence-corrected chi connectivity index (χ3v) is 6.02. The van der Waals surface area contributed by atoms with Gasteiger partial charge in [-0.2, -0.15) is 0 Å². The molecule has 4 nitrogen and oxygen atoms in total. The lowest BCUT2D eigenvalue weighted by Crippen LogP contribution is -2.48. The number of amides is 2. The second-order valence-electron chi connectivity index (χ2n) is 7.17. The van der Waals surface area contributed by atoms with Gasteiger partial charge in [0.05, 0.1) is 5.75 Å². The zero-order valence-electron chi connectivity index (χ0n) is 17.6. The lowest BCUT2D eigenvalue weighted by molar-refractivity contribution is -0.138. The van der Waals surface area contributed by atoms with E-state index < -0.39 is 6.04 Å². The largest absolute Gasteiger partial charge is 0.354 e. The molecule has 2 aromatic carbocycles. The van der Waals surface area contributed by atoms with Crippen LogP contribution in [-0.4, -0.2) is 35.1 Å². The topological polar surface area (TPSA) is 49.4 Å². The highest BCUT2D eigenvalue weighted by atomic mass is 35.5. The molecule has 0 saturated heterocycles. The molecule has 30 heavy (non-hydrogen) atoms. The van der Waals surface area contributed by atoms with Crippen molar-refractivity contribution in [2.45, 2.75) is 45.5 Å². The van der Waals surface area contributed by atoms with Crippen LogP contribution in [0.4, 0.5) is 4.39 Å². The molecule has 0 aromatic heterocycles. The Labute approximate surface area is 187 Å². The van der Waals surface area contributed by atoms with Crippen LogP contribution in [0.15, 0.2) is 42.5 Å². The van der Waals surface area contributed by atoms with Crippen molar-refractivity contribution in [2.24, 2.45) is 0 Å². The fraction of sp³-hybridized carbons (Fsp3) is 0.391. The van der Waals surface area contributed by atoms with Gasteiger partial charge in [0, 0.05) is 29.4 Å². The molecule has 2 aromatic rings. The van der Waals surface area contributed by atoms with Crippen LogP contribution in [0.2, 0.25) is 5.02 Å². The van der Waals surface area contributed by atoms with Gasteiger partial charge in [-0.1, -0.05) is 54.4 Å². The summed E-state index contributed by atoms with van der Waals surface area (Å²) < 4.78 is 14.0. The first kappa shape index (κ1) is 24.2. The van der Waals surface area contributed by atoms with Crippen molar-refractivity contribution in [1.29, 1.82) is 0 Å². The van der Waals surface area contributed by atoms with E-state index in [1.54, 1.807) is 24.0 Å². The van der Waals surface area contributed by atoms with Crippen LogP contribution in [-0.2, 0) is 21.9 Å². The van der Waals surface area contributed by atoms with Gasteiger partial charge in [0.25, 0.3) is 0 Å². The highest BCUT2D eigenvalue weighted by Crippen LogP contribution is 2.24. The second-order valence-corrected chi connectivity index (χ2v) is 8.56. The van der Waals surface area contributed by atoms with Gasteiger partial charge in [-0.25, -0.2) is 4.39 Å². The first-order valence-corrected chi connectivity index (χ1v) is 11.5. The predicted molar refractivity (Wildman–Crippen MR) is 122 cm³/mol. The number of carbonyl (C=O) groups excluding carboxylic acids is 2. The molecule has 0 aliphatic carbocycles. The van der Waals surface area contributed by atoms with Crippen LogP contribution in [0.3, 0.4) is 0 Å². The molecule has 1 N–H and O–H groups in total. The second kappa shape index (κ2) is 12.0. The zero-order chi connectivity index (χ0) is 22.1. The summed E-state index contributed by atoms with van der Waals surface area (Å²) in [6.07, 6.45) is 0.823. The molecule has 0 spiro atoms. The fourth-order valence-corrected chi connectivity index (χ4v) is 4.11. The van der Waals surface area contributed by atoms with Crippen LogP contribution in [0.5, 0.6) is 0 Å². The number of hydrogen-bond donors (Lipinski definition) is 1. The maximum atomic E-state index is 14.0. The molecule has 2 rings (SSSR count). The summed E-state index contributed by atoms with van der Waals surface area (Å²) in [5.74, 6) is -0.327. The lowest BCUT2D eigenvalue weighted by atomic mass is 10.1. The summed E-state index contributed by atoms with van der Waals surface area (Å²) in [6.45, 7) is 6.61. The van der Waals surface area contributed by atoms with Crippen molar-refractivity contribution in [3.63, 3.8) is 0 Å². The number of nitrogens with zero attached hydrogens (tertiary/aromatic N) is 1. The van der Waals surface area contributed by atoms with Crippen LogP contribution < -0.4 is 5.32 Å². The zero-order valence-corrected chi connectivity index (χ0v) is 19.2. The first-order chi connectivity index (χ1) is 14.3. The van der Waals surface area contributed by atoms with Crippen molar-refractivity contribution in [1.82, 2.24) is 10.2 Å². The van der Waals surface area contributed by atoms with Crippen LogP contribution in [0.25, 0.3) is 0 Å². The molecule has 162 valence electrons. The highest BCUT2D eigenvalue weighted by molar-refractivity contribution is 7.99. The number of halogens is 2. The lowest BCUT2D eigenvalue weighted by Gasteiger charge is -2.29. The Hall–Kier alpha value is -2.05. The minimum Gasteiger partial charge on any atom is -0.354 e. The summed E-state index contributed by atoms with van der Waals surface area (Å²) in [5, 5.41) is 3.20. The number of rotatable bonds is 10. The quantitative estimate of drug-likeness (QED) is 0.556. The summed E-state index contributed by atoms with van der Waals surface area (Å²) in [7, 11) is 0. The Balaban J connectivity index is 2.08. The van der Waals surface area contributed by atoms with E-state index in [4.69, 9.17) is 11.6 Å². The average molecular weight is 451 g/mol. The molecular weight excluding hydrogens is 423 g/mol. The molecule has 0 unspecified atom stereocenters. The molecule has 0 heterocycles. The molecule has 0 saturated carbocycles. The van der Waals surface area contributed by atoms with E-state index in [0.717, 1.165) is 17.5 Å². The monoisotopic (exact) mass is 450 g/mol. The van der Waals surface area contributed by atoms with Crippen LogP contribution in [0.1, 0.15) is 37.0 Å². The first-order valence-electron chi connectivity index (χ1n) is 9.96. The maximum absolute atomic E-state index is 14.0. The van der Waals surface area contributed by atoms with Gasteiger partial charge < -0.3 is 10.2 Å². The van der Waals surface area contributed by atoms with E-state index in [2.05, 4.69) is 5.32 Å². The van der Waals surface area contributed by atoms with Crippen molar-refractivity contribution in [3.8, 4) is 0 Å². The van der Waals surface area contributed by atoms with Gasteiger partial charge in [0.1, 0.15) is 11.9 Å². The number of aryl methyl sites for hydroxylation is 1. The summed E-state index contributed by atoms with van der Waals surface area (Å²) in [5.41, 5.74) is 2.46. The van der Waals surface area contributed by atoms with Crippen molar-refractivity contribution in [3.05, 3.63) is 70.0 Å². The Morgan fingerprint density at radius 3 is 2.53 bits per heavy atom. The van der Waals surface area contributed by atoms with Gasteiger partial charge in [-0.15, -0.1) is 11.8 Å². The van der Waals surface area contributed by atoms with Crippen molar-refractivity contribution < 1.29 is 14.0 Å². The van der Waals surface area contributed by atoms with Crippen LogP contribution >= 0.6 is 23.4 Å². The number of hydrogen-bond acceptors (Lipinski definition) is 3. The minimum atomic E-state index is -0.608. The third kappa shape index (κ3) is 7.03. The Morgan fingerprint density at radius 1 is 1.20 bits per heavy atom. The van der Waals surface area contributed by atoms with Gasteiger partial charge in [0.15, 0.2) is 0 Å². The predicted octanol–water partition coefficient (Wildman–Crippen LogP) is 4.96. The molecule has 2 amide bonds.